The summed E-state index contributed by atoms with van der Waals surface area (Å²) in [4.78, 5) is 23.6. The Morgan fingerprint density at radius 3 is 2.44 bits per heavy atom. The Morgan fingerprint density at radius 2 is 1.78 bits per heavy atom. The summed E-state index contributed by atoms with van der Waals surface area (Å²) in [7, 11) is 0. The van der Waals surface area contributed by atoms with E-state index in [0.29, 0.717) is 17.1 Å². The van der Waals surface area contributed by atoms with Gasteiger partial charge in [0.2, 0.25) is 11.6 Å². The number of hydrogen-bond acceptors (Lipinski definition) is 11. The second kappa shape index (κ2) is 10.7. The Bertz CT molecular complexity index is 1380. The van der Waals surface area contributed by atoms with Gasteiger partial charge >= 0.3 is 0 Å². The average molecular weight is 495 g/mol. The fourth-order valence-corrected chi connectivity index (χ4v) is 2.82. The van der Waals surface area contributed by atoms with E-state index in [9.17, 15) is 14.0 Å². The lowest BCUT2D eigenvalue weighted by Gasteiger charge is -2.08. The number of benzene rings is 2. The van der Waals surface area contributed by atoms with Crippen molar-refractivity contribution in [1.82, 2.24) is 30.7 Å². The van der Waals surface area contributed by atoms with Gasteiger partial charge in [0.05, 0.1) is 6.21 Å². The standard InChI is InChI=1S/C21H18FN9O5/c22-13-3-7-15(8-4-13)34-10-16-18(26-30-31(16)20-19(24)28-36-29-20)21(33)27-25-9-12-1-5-14(6-2-12)35-11-17(23)32/h1-9H,10-11H2,(H2,23,32)(H2,24,28)(H,27,33)/b25-9-. The van der Waals surface area contributed by atoms with Crippen molar-refractivity contribution in [2.75, 3.05) is 12.3 Å². The summed E-state index contributed by atoms with van der Waals surface area (Å²) < 4.78 is 29.7. The van der Waals surface area contributed by atoms with Crippen molar-refractivity contribution in [3.63, 3.8) is 0 Å². The number of ether oxygens (including phenoxy) is 2. The molecular weight excluding hydrogens is 477 g/mol. The molecule has 0 fully saturated rings. The van der Waals surface area contributed by atoms with E-state index in [0.717, 1.165) is 4.68 Å². The molecule has 0 unspecified atom stereocenters. The van der Waals surface area contributed by atoms with E-state index >= 15 is 0 Å². The van der Waals surface area contributed by atoms with Crippen LogP contribution in [0.25, 0.3) is 5.82 Å². The molecule has 0 atom stereocenters. The quantitative estimate of drug-likeness (QED) is 0.206. The number of carbonyl (C=O) groups is 2. The van der Waals surface area contributed by atoms with Crippen LogP contribution in [-0.2, 0) is 11.4 Å². The van der Waals surface area contributed by atoms with Crippen LogP contribution in [-0.4, -0.2) is 49.9 Å². The third-order valence-electron chi connectivity index (χ3n) is 4.50. The Labute approximate surface area is 201 Å². The van der Waals surface area contributed by atoms with Gasteiger partial charge in [0.15, 0.2) is 12.3 Å². The summed E-state index contributed by atoms with van der Waals surface area (Å²) in [5, 5.41) is 18.8. The molecule has 5 N–H and O–H groups in total. The third kappa shape index (κ3) is 5.77. The van der Waals surface area contributed by atoms with Crippen molar-refractivity contribution in [2.24, 2.45) is 10.8 Å². The van der Waals surface area contributed by atoms with Crippen molar-refractivity contribution in [3.8, 4) is 17.3 Å². The maximum absolute atomic E-state index is 13.2. The molecule has 36 heavy (non-hydrogen) atoms. The zero-order chi connectivity index (χ0) is 25.5. The SMILES string of the molecule is NC(=O)COc1ccc(/C=N\NC(=O)c2nnn(-c3nonc3N)c2COc2ccc(F)cc2)cc1. The van der Waals surface area contributed by atoms with Crippen LogP contribution in [0.2, 0.25) is 0 Å². The van der Waals surface area contributed by atoms with Crippen molar-refractivity contribution in [3.05, 3.63) is 71.3 Å². The fraction of sp³-hybridized carbons (Fsp3) is 0.0952. The Morgan fingerprint density at radius 1 is 1.08 bits per heavy atom. The number of carbonyl (C=O) groups excluding carboxylic acids is 2. The Hall–Kier alpha value is -5.34. The summed E-state index contributed by atoms with van der Waals surface area (Å²) in [6.07, 6.45) is 1.38. The third-order valence-corrected chi connectivity index (χ3v) is 4.50. The highest BCUT2D eigenvalue weighted by atomic mass is 19.1. The molecule has 184 valence electrons. The van der Waals surface area contributed by atoms with E-state index in [4.69, 9.17) is 20.9 Å². The second-order valence-corrected chi connectivity index (χ2v) is 7.04. The number of primary amides is 1. The van der Waals surface area contributed by atoms with Crippen LogP contribution in [0.15, 0.2) is 58.3 Å². The molecule has 0 radical (unpaired) electrons. The summed E-state index contributed by atoms with van der Waals surface area (Å²) in [6.45, 7) is -0.447. The summed E-state index contributed by atoms with van der Waals surface area (Å²) in [5.74, 6) is -1.03. The summed E-state index contributed by atoms with van der Waals surface area (Å²) >= 11 is 0. The Kier molecular flexibility index (Phi) is 7.09. The molecule has 4 aromatic rings. The number of nitrogens with one attached hydrogen (secondary N) is 1. The minimum Gasteiger partial charge on any atom is -0.487 e. The first-order valence-electron chi connectivity index (χ1n) is 10.2. The molecule has 2 aromatic heterocycles. The molecule has 4 rings (SSSR count). The minimum absolute atomic E-state index is 0.00130. The molecule has 0 spiro atoms. The van der Waals surface area contributed by atoms with Gasteiger partial charge < -0.3 is 20.9 Å². The number of rotatable bonds is 10. The summed E-state index contributed by atoms with van der Waals surface area (Å²) in [5.41, 5.74) is 13.8. The van der Waals surface area contributed by atoms with Gasteiger partial charge in [-0.1, -0.05) is 5.21 Å². The topological polar surface area (TPSA) is 199 Å². The second-order valence-electron chi connectivity index (χ2n) is 7.04. The molecule has 0 bridgehead atoms. The number of nitrogens with two attached hydrogens (primary N) is 2. The monoisotopic (exact) mass is 495 g/mol. The molecular formula is C21H18FN9O5. The smallest absolute Gasteiger partial charge is 0.293 e. The van der Waals surface area contributed by atoms with Crippen molar-refractivity contribution in [1.29, 1.82) is 0 Å². The number of aromatic nitrogens is 5. The maximum Gasteiger partial charge on any atom is 0.293 e. The molecule has 14 nitrogen and oxygen atoms in total. The lowest BCUT2D eigenvalue weighted by Crippen LogP contribution is -2.21. The zero-order valence-electron chi connectivity index (χ0n) is 18.4. The molecule has 0 saturated heterocycles. The number of amides is 2. The van der Waals surface area contributed by atoms with Crippen LogP contribution in [0.4, 0.5) is 10.2 Å². The lowest BCUT2D eigenvalue weighted by molar-refractivity contribution is -0.119. The van der Waals surface area contributed by atoms with Crippen molar-refractivity contribution >= 4 is 23.8 Å². The van der Waals surface area contributed by atoms with E-state index in [1.807, 2.05) is 0 Å². The van der Waals surface area contributed by atoms with Crippen LogP contribution in [0.5, 0.6) is 11.5 Å². The van der Waals surface area contributed by atoms with E-state index in [1.54, 1.807) is 24.3 Å². The van der Waals surface area contributed by atoms with Crippen LogP contribution >= 0.6 is 0 Å². The molecule has 2 amide bonds. The first-order chi connectivity index (χ1) is 17.4. The van der Waals surface area contributed by atoms with Crippen LogP contribution in [0.3, 0.4) is 0 Å². The molecule has 15 heteroatoms. The summed E-state index contributed by atoms with van der Waals surface area (Å²) in [6, 6.07) is 11.8. The largest absolute Gasteiger partial charge is 0.487 e. The van der Waals surface area contributed by atoms with Crippen LogP contribution < -0.4 is 26.4 Å². The number of nitrogens with zero attached hydrogens (tertiary/aromatic N) is 6. The number of anilines is 1. The van der Waals surface area contributed by atoms with Crippen LogP contribution in [0, 0.1) is 5.82 Å². The molecule has 0 aliphatic rings. The van der Waals surface area contributed by atoms with E-state index < -0.39 is 17.6 Å². The van der Waals surface area contributed by atoms with Gasteiger partial charge in [0, 0.05) is 0 Å². The van der Waals surface area contributed by atoms with Gasteiger partial charge in [0.1, 0.15) is 29.6 Å². The van der Waals surface area contributed by atoms with E-state index in [1.165, 1.54) is 30.5 Å². The van der Waals surface area contributed by atoms with Gasteiger partial charge in [-0.15, -0.1) is 5.10 Å². The predicted molar refractivity (Wildman–Crippen MR) is 121 cm³/mol. The minimum atomic E-state index is -0.702. The van der Waals surface area contributed by atoms with Gasteiger partial charge in [0.25, 0.3) is 11.8 Å². The van der Waals surface area contributed by atoms with E-state index in [-0.39, 0.29) is 36.2 Å². The van der Waals surface area contributed by atoms with Crippen LogP contribution in [0.1, 0.15) is 21.7 Å². The highest BCUT2D eigenvalue weighted by Crippen LogP contribution is 2.19. The fourth-order valence-electron chi connectivity index (χ4n) is 2.82. The lowest BCUT2D eigenvalue weighted by atomic mass is 10.2. The molecule has 0 aliphatic heterocycles. The van der Waals surface area contributed by atoms with E-state index in [2.05, 4.69) is 35.8 Å². The first-order valence-corrected chi connectivity index (χ1v) is 10.2. The van der Waals surface area contributed by atoms with Gasteiger partial charge in [-0.2, -0.15) is 9.78 Å². The molecule has 0 aliphatic carbocycles. The van der Waals surface area contributed by atoms with Gasteiger partial charge in [-0.3, -0.25) is 9.59 Å². The average Bonchev–Trinajstić information content (AvgIpc) is 3.48. The maximum atomic E-state index is 13.2. The highest BCUT2D eigenvalue weighted by Gasteiger charge is 2.24. The molecule has 2 aromatic carbocycles. The van der Waals surface area contributed by atoms with Crippen molar-refractivity contribution in [2.45, 2.75) is 6.61 Å². The van der Waals surface area contributed by atoms with Crippen molar-refractivity contribution < 1.29 is 28.1 Å². The molecule has 0 saturated carbocycles. The van der Waals surface area contributed by atoms with Gasteiger partial charge in [-0.25, -0.2) is 14.4 Å². The highest BCUT2D eigenvalue weighted by molar-refractivity contribution is 5.94. The number of hydrogen-bond donors (Lipinski definition) is 3. The predicted octanol–water partition coefficient (Wildman–Crippen LogP) is 0.579. The normalized spacial score (nSPS) is 10.9. The number of nitrogen functional groups attached to an aromatic ring is 1. The first kappa shape index (κ1) is 23.8. The Balaban J connectivity index is 1.48. The number of hydrazone groups is 1. The number of halogens is 1. The van der Waals surface area contributed by atoms with Gasteiger partial charge in [-0.05, 0) is 64.4 Å². The zero-order valence-corrected chi connectivity index (χ0v) is 18.4. The molecule has 2 heterocycles.